The van der Waals surface area contributed by atoms with E-state index < -0.39 is 10.0 Å². The second-order valence-corrected chi connectivity index (χ2v) is 9.63. The summed E-state index contributed by atoms with van der Waals surface area (Å²) in [7, 11) is -3.49. The number of hydrogen-bond acceptors (Lipinski definition) is 5. The highest BCUT2D eigenvalue weighted by atomic mass is 32.2. The lowest BCUT2D eigenvalue weighted by molar-refractivity contribution is -0.116. The number of sulfonamides is 1. The Bertz CT molecular complexity index is 1060. The van der Waals surface area contributed by atoms with Crippen molar-refractivity contribution in [2.24, 2.45) is 0 Å². The van der Waals surface area contributed by atoms with Crippen molar-refractivity contribution in [3.05, 3.63) is 59.7 Å². The van der Waals surface area contributed by atoms with Crippen LogP contribution in [0.1, 0.15) is 28.8 Å². The number of nitrogens with zero attached hydrogens (tertiary/aromatic N) is 2. The summed E-state index contributed by atoms with van der Waals surface area (Å²) >= 11 is 0. The van der Waals surface area contributed by atoms with Crippen LogP contribution in [0, 0.1) is 6.92 Å². The van der Waals surface area contributed by atoms with E-state index in [1.54, 1.807) is 41.3 Å². The molecule has 1 aliphatic rings. The van der Waals surface area contributed by atoms with Gasteiger partial charge in [-0.05, 0) is 37.1 Å². The number of anilines is 2. The second-order valence-electron chi connectivity index (χ2n) is 7.72. The average molecular weight is 460 g/mol. The van der Waals surface area contributed by atoms with Gasteiger partial charge in [-0.15, -0.1) is 0 Å². The van der Waals surface area contributed by atoms with Crippen molar-refractivity contribution in [2.45, 2.75) is 19.8 Å². The van der Waals surface area contributed by atoms with E-state index in [9.17, 15) is 18.0 Å². The molecule has 0 aliphatic carbocycles. The van der Waals surface area contributed by atoms with E-state index in [0.29, 0.717) is 49.7 Å². The summed E-state index contributed by atoms with van der Waals surface area (Å²) in [6.45, 7) is 4.06. The van der Waals surface area contributed by atoms with Gasteiger partial charge in [0.05, 0.1) is 36.4 Å². The topological polar surface area (TPSA) is 96.0 Å². The number of carbonyl (C=O) groups is 2. The molecule has 0 spiro atoms. The van der Waals surface area contributed by atoms with Gasteiger partial charge in [-0.3, -0.25) is 13.9 Å². The Labute approximate surface area is 189 Å². The van der Waals surface area contributed by atoms with Crippen molar-refractivity contribution >= 4 is 33.2 Å². The summed E-state index contributed by atoms with van der Waals surface area (Å²) in [5.74, 6) is -0.419. The van der Waals surface area contributed by atoms with Gasteiger partial charge in [-0.25, -0.2) is 8.42 Å². The van der Waals surface area contributed by atoms with Crippen LogP contribution in [-0.2, 0) is 19.6 Å². The van der Waals surface area contributed by atoms with Gasteiger partial charge in [0.1, 0.15) is 0 Å². The number of amides is 2. The van der Waals surface area contributed by atoms with Gasteiger partial charge in [-0.2, -0.15) is 0 Å². The van der Waals surface area contributed by atoms with Crippen LogP contribution in [0.15, 0.2) is 48.5 Å². The van der Waals surface area contributed by atoms with Crippen LogP contribution < -0.4 is 9.62 Å². The SMILES string of the molecule is Cc1ccccc1N(CCCC(=O)Nc1ccccc1C(=O)N1CCOCC1)S(C)(=O)=O. The van der Waals surface area contributed by atoms with Crippen LogP contribution in [0.4, 0.5) is 11.4 Å². The smallest absolute Gasteiger partial charge is 0.256 e. The third-order valence-corrected chi connectivity index (χ3v) is 6.46. The maximum absolute atomic E-state index is 12.9. The molecular weight excluding hydrogens is 430 g/mol. The molecule has 9 heteroatoms. The molecule has 0 atom stereocenters. The standard InChI is InChI=1S/C23H29N3O5S/c1-18-8-3-6-11-21(18)26(32(2,29)30)13-7-12-22(27)24-20-10-5-4-9-19(20)23(28)25-14-16-31-17-15-25/h3-6,8-11H,7,12-17H2,1-2H3,(H,24,27). The molecule has 2 amide bonds. The first-order valence-electron chi connectivity index (χ1n) is 10.6. The van der Waals surface area contributed by atoms with E-state index in [4.69, 9.17) is 4.74 Å². The molecule has 0 saturated carbocycles. The number of morpholine rings is 1. The second kappa shape index (κ2) is 10.6. The normalized spacial score (nSPS) is 14.1. The van der Waals surface area contributed by atoms with Crippen LogP contribution in [-0.4, -0.2) is 64.2 Å². The van der Waals surface area contributed by atoms with Gasteiger partial charge in [0.2, 0.25) is 15.9 Å². The number of ether oxygens (including phenoxy) is 1. The first kappa shape index (κ1) is 23.7. The number of para-hydroxylation sites is 2. The molecule has 2 aromatic carbocycles. The molecule has 172 valence electrons. The van der Waals surface area contributed by atoms with Crippen molar-refractivity contribution in [2.75, 3.05) is 48.7 Å². The first-order valence-corrected chi connectivity index (χ1v) is 12.4. The predicted octanol–water partition coefficient (Wildman–Crippen LogP) is 2.65. The molecule has 0 unspecified atom stereocenters. The van der Waals surface area contributed by atoms with Crippen molar-refractivity contribution in [1.29, 1.82) is 0 Å². The molecule has 32 heavy (non-hydrogen) atoms. The van der Waals surface area contributed by atoms with Crippen molar-refractivity contribution in [1.82, 2.24) is 4.90 Å². The van der Waals surface area contributed by atoms with Crippen LogP contribution in [0.2, 0.25) is 0 Å². The zero-order valence-corrected chi connectivity index (χ0v) is 19.2. The summed E-state index contributed by atoms with van der Waals surface area (Å²) in [5.41, 5.74) is 2.34. The van der Waals surface area contributed by atoms with Gasteiger partial charge < -0.3 is 15.0 Å². The Hall–Kier alpha value is -2.91. The number of benzene rings is 2. The van der Waals surface area contributed by atoms with E-state index in [2.05, 4.69) is 5.32 Å². The Kier molecular flexibility index (Phi) is 7.87. The van der Waals surface area contributed by atoms with Gasteiger partial charge in [0.15, 0.2) is 0 Å². The highest BCUT2D eigenvalue weighted by Gasteiger charge is 2.22. The summed E-state index contributed by atoms with van der Waals surface area (Å²) in [5, 5.41) is 2.81. The van der Waals surface area contributed by atoms with Gasteiger partial charge >= 0.3 is 0 Å². The monoisotopic (exact) mass is 459 g/mol. The van der Waals surface area contributed by atoms with Crippen LogP contribution >= 0.6 is 0 Å². The molecule has 1 N–H and O–H groups in total. The van der Waals surface area contributed by atoms with E-state index in [1.165, 1.54) is 4.31 Å². The Balaban J connectivity index is 1.63. The zero-order valence-electron chi connectivity index (χ0n) is 18.4. The molecule has 2 aromatic rings. The fraction of sp³-hybridized carbons (Fsp3) is 0.391. The third kappa shape index (κ3) is 6.08. The van der Waals surface area contributed by atoms with Gasteiger partial charge in [-0.1, -0.05) is 30.3 Å². The highest BCUT2D eigenvalue weighted by molar-refractivity contribution is 7.92. The molecule has 1 heterocycles. The molecule has 0 radical (unpaired) electrons. The summed E-state index contributed by atoms with van der Waals surface area (Å²) < 4.78 is 31.2. The van der Waals surface area contributed by atoms with Crippen LogP contribution in [0.5, 0.6) is 0 Å². The van der Waals surface area contributed by atoms with E-state index in [-0.39, 0.29) is 24.8 Å². The molecule has 0 bridgehead atoms. The maximum atomic E-state index is 12.9. The molecular formula is C23H29N3O5S. The molecule has 1 fully saturated rings. The molecule has 1 aliphatic heterocycles. The Morgan fingerprint density at radius 2 is 1.72 bits per heavy atom. The minimum absolute atomic E-state index is 0.123. The lowest BCUT2D eigenvalue weighted by atomic mass is 10.1. The Morgan fingerprint density at radius 1 is 1.06 bits per heavy atom. The minimum atomic E-state index is -3.49. The lowest BCUT2D eigenvalue weighted by Crippen LogP contribution is -2.41. The number of carbonyl (C=O) groups excluding carboxylic acids is 2. The van der Waals surface area contributed by atoms with Gasteiger partial charge in [0.25, 0.3) is 5.91 Å². The van der Waals surface area contributed by atoms with Crippen molar-refractivity contribution in [3.63, 3.8) is 0 Å². The Morgan fingerprint density at radius 3 is 2.41 bits per heavy atom. The zero-order chi connectivity index (χ0) is 23.1. The molecule has 8 nitrogen and oxygen atoms in total. The number of nitrogens with one attached hydrogen (secondary N) is 1. The molecule has 1 saturated heterocycles. The largest absolute Gasteiger partial charge is 0.378 e. The fourth-order valence-corrected chi connectivity index (χ4v) is 4.64. The summed E-state index contributed by atoms with van der Waals surface area (Å²) in [6, 6.07) is 14.1. The maximum Gasteiger partial charge on any atom is 0.256 e. The number of rotatable bonds is 8. The highest BCUT2D eigenvalue weighted by Crippen LogP contribution is 2.23. The third-order valence-electron chi connectivity index (χ3n) is 5.28. The quantitative estimate of drug-likeness (QED) is 0.655. The van der Waals surface area contributed by atoms with Crippen LogP contribution in [0.25, 0.3) is 0 Å². The summed E-state index contributed by atoms with van der Waals surface area (Å²) in [4.78, 5) is 27.1. The van der Waals surface area contributed by atoms with Crippen LogP contribution in [0.3, 0.4) is 0 Å². The van der Waals surface area contributed by atoms with Crippen molar-refractivity contribution < 1.29 is 22.7 Å². The van der Waals surface area contributed by atoms with E-state index in [0.717, 1.165) is 11.8 Å². The fourth-order valence-electron chi connectivity index (χ4n) is 3.62. The minimum Gasteiger partial charge on any atom is -0.378 e. The average Bonchev–Trinajstić information content (AvgIpc) is 2.77. The number of aryl methyl sites for hydroxylation is 1. The van der Waals surface area contributed by atoms with E-state index in [1.807, 2.05) is 19.1 Å². The van der Waals surface area contributed by atoms with E-state index >= 15 is 0 Å². The lowest BCUT2D eigenvalue weighted by Gasteiger charge is -2.27. The number of hydrogen-bond donors (Lipinski definition) is 1. The van der Waals surface area contributed by atoms with Gasteiger partial charge in [0, 0.05) is 26.1 Å². The molecule has 3 rings (SSSR count). The first-order chi connectivity index (χ1) is 15.3. The van der Waals surface area contributed by atoms with Crippen molar-refractivity contribution in [3.8, 4) is 0 Å². The summed E-state index contributed by atoms with van der Waals surface area (Å²) in [6.07, 6.45) is 1.62. The molecule has 0 aromatic heterocycles. The predicted molar refractivity (Wildman–Crippen MR) is 124 cm³/mol.